The maximum atomic E-state index is 12.5. The standard InChI is InChI=1S/C24H33N5O4/c1-32-8-9-33-21-10-19(11-21)28-23-12-22(26-16-27-23)24(31)25-13-20(30)15-29-7-6-17-4-2-3-5-18(17)14-29/h2-5,12,16,19-21,30H,6-11,13-15H2,1H3,(H,25,31)(H,26,27,28). The van der Waals surface area contributed by atoms with Gasteiger partial charge < -0.3 is 25.2 Å². The summed E-state index contributed by atoms with van der Waals surface area (Å²) in [4.78, 5) is 23.1. The van der Waals surface area contributed by atoms with E-state index in [9.17, 15) is 9.90 Å². The number of aliphatic hydroxyl groups is 1. The van der Waals surface area contributed by atoms with Crippen molar-refractivity contribution in [3.8, 4) is 0 Å². The quantitative estimate of drug-likeness (QED) is 0.434. The Labute approximate surface area is 194 Å². The molecule has 1 amide bonds. The smallest absolute Gasteiger partial charge is 0.270 e. The van der Waals surface area contributed by atoms with Crippen LogP contribution in [0.1, 0.15) is 34.5 Å². The molecule has 33 heavy (non-hydrogen) atoms. The van der Waals surface area contributed by atoms with Crippen LogP contribution in [0.5, 0.6) is 0 Å². The Morgan fingerprint density at radius 2 is 2.06 bits per heavy atom. The second-order valence-electron chi connectivity index (χ2n) is 8.70. The van der Waals surface area contributed by atoms with Crippen molar-refractivity contribution in [2.75, 3.05) is 45.3 Å². The number of carbonyl (C=O) groups is 1. The highest BCUT2D eigenvalue weighted by atomic mass is 16.5. The van der Waals surface area contributed by atoms with Gasteiger partial charge in [0.05, 0.1) is 25.4 Å². The number of nitrogens with zero attached hydrogens (tertiary/aromatic N) is 3. The summed E-state index contributed by atoms with van der Waals surface area (Å²) in [6.45, 7) is 3.61. The lowest BCUT2D eigenvalue weighted by molar-refractivity contribution is -0.0261. The van der Waals surface area contributed by atoms with Crippen molar-refractivity contribution in [1.29, 1.82) is 0 Å². The summed E-state index contributed by atoms with van der Waals surface area (Å²) >= 11 is 0. The van der Waals surface area contributed by atoms with Gasteiger partial charge in [0.2, 0.25) is 0 Å². The number of methoxy groups -OCH3 is 1. The van der Waals surface area contributed by atoms with Crippen molar-refractivity contribution in [3.63, 3.8) is 0 Å². The highest BCUT2D eigenvalue weighted by Gasteiger charge is 2.30. The molecule has 1 aromatic carbocycles. The molecule has 1 aromatic heterocycles. The number of aromatic nitrogens is 2. The Morgan fingerprint density at radius 3 is 2.88 bits per heavy atom. The average molecular weight is 456 g/mol. The Bertz CT molecular complexity index is 921. The number of fused-ring (bicyclic) bond motifs is 1. The third-order valence-electron chi connectivity index (χ3n) is 6.16. The van der Waals surface area contributed by atoms with Gasteiger partial charge in [-0.05, 0) is 30.4 Å². The molecule has 0 saturated heterocycles. The summed E-state index contributed by atoms with van der Waals surface area (Å²) < 4.78 is 10.7. The van der Waals surface area contributed by atoms with Gasteiger partial charge in [0.1, 0.15) is 17.8 Å². The van der Waals surface area contributed by atoms with E-state index in [0.29, 0.717) is 25.6 Å². The minimum absolute atomic E-state index is 0.173. The molecule has 1 aliphatic carbocycles. The first-order valence-corrected chi connectivity index (χ1v) is 11.5. The Hall–Kier alpha value is -2.59. The van der Waals surface area contributed by atoms with E-state index < -0.39 is 6.10 Å². The van der Waals surface area contributed by atoms with Crippen LogP contribution < -0.4 is 10.6 Å². The van der Waals surface area contributed by atoms with E-state index in [1.807, 2.05) is 6.07 Å². The van der Waals surface area contributed by atoms with Gasteiger partial charge in [-0.25, -0.2) is 9.97 Å². The van der Waals surface area contributed by atoms with Crippen LogP contribution >= 0.6 is 0 Å². The topological polar surface area (TPSA) is 109 Å². The SMILES string of the molecule is COCCOC1CC(Nc2cc(C(=O)NCC(O)CN3CCc4ccccc4C3)ncn2)C1. The van der Waals surface area contributed by atoms with E-state index in [1.54, 1.807) is 13.2 Å². The van der Waals surface area contributed by atoms with Crippen LogP contribution in [0, 0.1) is 0 Å². The van der Waals surface area contributed by atoms with Gasteiger partial charge in [0.25, 0.3) is 5.91 Å². The fourth-order valence-electron chi connectivity index (χ4n) is 4.26. The van der Waals surface area contributed by atoms with Gasteiger partial charge in [0.15, 0.2) is 0 Å². The predicted octanol–water partition coefficient (Wildman–Crippen LogP) is 1.23. The van der Waals surface area contributed by atoms with Gasteiger partial charge >= 0.3 is 0 Å². The number of hydrogen-bond acceptors (Lipinski definition) is 8. The molecule has 2 heterocycles. The lowest BCUT2D eigenvalue weighted by Crippen LogP contribution is -2.42. The molecule has 1 fully saturated rings. The summed E-state index contributed by atoms with van der Waals surface area (Å²) in [5.74, 6) is 0.292. The number of benzene rings is 1. The zero-order valence-electron chi connectivity index (χ0n) is 19.1. The number of nitrogens with one attached hydrogen (secondary N) is 2. The third kappa shape index (κ3) is 6.70. The van der Waals surface area contributed by atoms with Gasteiger partial charge in [-0.1, -0.05) is 24.3 Å². The fraction of sp³-hybridized carbons (Fsp3) is 0.542. The molecule has 1 saturated carbocycles. The molecule has 2 aromatic rings. The maximum Gasteiger partial charge on any atom is 0.270 e. The Kier molecular flexibility index (Phi) is 8.22. The number of amides is 1. The molecule has 178 valence electrons. The number of anilines is 1. The highest BCUT2D eigenvalue weighted by molar-refractivity contribution is 5.92. The first-order valence-electron chi connectivity index (χ1n) is 11.5. The zero-order valence-corrected chi connectivity index (χ0v) is 19.1. The largest absolute Gasteiger partial charge is 0.390 e. The predicted molar refractivity (Wildman–Crippen MR) is 124 cm³/mol. The minimum Gasteiger partial charge on any atom is -0.390 e. The molecule has 1 aliphatic heterocycles. The van der Waals surface area contributed by atoms with Crippen LogP contribution in [0.15, 0.2) is 36.7 Å². The number of ether oxygens (including phenoxy) is 2. The van der Waals surface area contributed by atoms with Crippen molar-refractivity contribution < 1.29 is 19.4 Å². The average Bonchev–Trinajstić information content (AvgIpc) is 2.81. The fourth-order valence-corrected chi connectivity index (χ4v) is 4.26. The van der Waals surface area contributed by atoms with Gasteiger partial charge in [-0.3, -0.25) is 9.69 Å². The molecule has 9 heteroatoms. The van der Waals surface area contributed by atoms with Gasteiger partial charge in [0, 0.05) is 45.4 Å². The second-order valence-corrected chi connectivity index (χ2v) is 8.70. The Morgan fingerprint density at radius 1 is 1.24 bits per heavy atom. The molecule has 1 atom stereocenters. The summed E-state index contributed by atoms with van der Waals surface area (Å²) in [6, 6.07) is 10.3. The van der Waals surface area contributed by atoms with E-state index >= 15 is 0 Å². The molecular weight excluding hydrogens is 422 g/mol. The number of rotatable bonds is 11. The Balaban J connectivity index is 1.18. The van der Waals surface area contributed by atoms with Crippen molar-refractivity contribution >= 4 is 11.7 Å². The van der Waals surface area contributed by atoms with Crippen molar-refractivity contribution in [2.45, 2.75) is 44.1 Å². The van der Waals surface area contributed by atoms with Gasteiger partial charge in [-0.15, -0.1) is 0 Å². The van der Waals surface area contributed by atoms with Crippen molar-refractivity contribution in [2.24, 2.45) is 0 Å². The first-order chi connectivity index (χ1) is 16.1. The number of β-amino-alcohol motifs (C(OH)–C–C–N with tert-alkyl or cyclic N) is 1. The molecule has 1 unspecified atom stereocenters. The zero-order chi connectivity index (χ0) is 23.0. The summed E-state index contributed by atoms with van der Waals surface area (Å²) in [6.07, 6.45) is 3.72. The van der Waals surface area contributed by atoms with Crippen LogP contribution in [-0.4, -0.2) is 84.1 Å². The van der Waals surface area contributed by atoms with E-state index in [2.05, 4.69) is 43.7 Å². The summed E-state index contributed by atoms with van der Waals surface area (Å²) in [5.41, 5.74) is 2.96. The minimum atomic E-state index is -0.649. The maximum absolute atomic E-state index is 12.5. The molecular formula is C24H33N5O4. The lowest BCUT2D eigenvalue weighted by Gasteiger charge is -2.35. The first kappa shape index (κ1) is 23.6. The van der Waals surface area contributed by atoms with Crippen LogP contribution in [0.2, 0.25) is 0 Å². The summed E-state index contributed by atoms with van der Waals surface area (Å²) in [7, 11) is 1.66. The van der Waals surface area contributed by atoms with Crippen LogP contribution in [-0.2, 0) is 22.4 Å². The van der Waals surface area contributed by atoms with E-state index in [0.717, 1.165) is 32.4 Å². The van der Waals surface area contributed by atoms with Gasteiger partial charge in [-0.2, -0.15) is 0 Å². The molecule has 2 aliphatic rings. The van der Waals surface area contributed by atoms with Crippen molar-refractivity contribution in [1.82, 2.24) is 20.2 Å². The molecule has 3 N–H and O–H groups in total. The summed E-state index contributed by atoms with van der Waals surface area (Å²) in [5, 5.41) is 16.5. The van der Waals surface area contributed by atoms with Crippen LogP contribution in [0.4, 0.5) is 5.82 Å². The van der Waals surface area contributed by atoms with Crippen molar-refractivity contribution in [3.05, 3.63) is 53.5 Å². The second kappa shape index (κ2) is 11.5. The normalized spacial score (nSPS) is 21.0. The molecule has 9 nitrogen and oxygen atoms in total. The highest BCUT2D eigenvalue weighted by Crippen LogP contribution is 2.26. The van der Waals surface area contributed by atoms with E-state index in [1.165, 1.54) is 17.5 Å². The molecule has 0 spiro atoms. The molecule has 4 rings (SSSR count). The molecule has 0 radical (unpaired) electrons. The monoisotopic (exact) mass is 455 g/mol. The number of aliphatic hydroxyl groups excluding tert-OH is 1. The van der Waals surface area contributed by atoms with Crippen LogP contribution in [0.25, 0.3) is 0 Å². The number of hydrogen-bond donors (Lipinski definition) is 3. The van der Waals surface area contributed by atoms with E-state index in [4.69, 9.17) is 9.47 Å². The third-order valence-corrected chi connectivity index (χ3v) is 6.16. The number of carbonyl (C=O) groups excluding carboxylic acids is 1. The lowest BCUT2D eigenvalue weighted by atomic mass is 9.89. The molecule has 0 bridgehead atoms. The van der Waals surface area contributed by atoms with Crippen LogP contribution in [0.3, 0.4) is 0 Å². The van der Waals surface area contributed by atoms with E-state index in [-0.39, 0.29) is 30.3 Å².